The minimum Gasteiger partial charge on any atom is -0.489 e. The van der Waals surface area contributed by atoms with Crippen molar-refractivity contribution in [1.29, 1.82) is 0 Å². The number of hydrogen-bond donors (Lipinski definition) is 2. The molecule has 0 saturated heterocycles. The zero-order valence-electron chi connectivity index (χ0n) is 14.9. The van der Waals surface area contributed by atoms with E-state index in [-0.39, 0.29) is 6.03 Å². The van der Waals surface area contributed by atoms with Crippen molar-refractivity contribution in [2.75, 3.05) is 5.32 Å². The number of urea groups is 1. The van der Waals surface area contributed by atoms with Crippen LogP contribution in [0.4, 0.5) is 10.5 Å². The molecule has 1 aromatic heterocycles. The fraction of sp³-hybridized carbons (Fsp3) is 0.143. The van der Waals surface area contributed by atoms with E-state index in [4.69, 9.17) is 4.74 Å². The molecule has 0 aliphatic rings. The van der Waals surface area contributed by atoms with Crippen LogP contribution in [0.2, 0.25) is 0 Å². The molecule has 0 unspecified atom stereocenters. The van der Waals surface area contributed by atoms with Crippen molar-refractivity contribution in [3.8, 4) is 5.75 Å². The lowest BCUT2D eigenvalue weighted by atomic mass is 10.2. The lowest BCUT2D eigenvalue weighted by Crippen LogP contribution is -2.28. The van der Waals surface area contributed by atoms with E-state index < -0.39 is 0 Å². The van der Waals surface area contributed by atoms with Gasteiger partial charge in [0, 0.05) is 34.7 Å². The number of carbonyl (C=O) groups is 1. The van der Waals surface area contributed by atoms with Gasteiger partial charge in [-0.25, -0.2) is 4.79 Å². The van der Waals surface area contributed by atoms with Crippen molar-refractivity contribution >= 4 is 27.6 Å². The quantitative estimate of drug-likeness (QED) is 0.580. The van der Waals surface area contributed by atoms with Gasteiger partial charge in [0.25, 0.3) is 0 Å². The zero-order valence-corrected chi connectivity index (χ0v) is 16.5. The first-order chi connectivity index (χ1) is 13.1. The van der Waals surface area contributed by atoms with Crippen LogP contribution < -0.4 is 15.4 Å². The lowest BCUT2D eigenvalue weighted by Gasteiger charge is -2.11. The summed E-state index contributed by atoms with van der Waals surface area (Å²) in [5, 5.41) is 5.72. The summed E-state index contributed by atoms with van der Waals surface area (Å²) in [4.78, 5) is 16.2. The number of pyridine rings is 1. The third-order valence-electron chi connectivity index (χ3n) is 3.95. The van der Waals surface area contributed by atoms with Crippen LogP contribution in [-0.4, -0.2) is 11.0 Å². The number of hydrogen-bond acceptors (Lipinski definition) is 3. The van der Waals surface area contributed by atoms with Crippen molar-refractivity contribution in [2.24, 2.45) is 0 Å². The van der Waals surface area contributed by atoms with E-state index in [0.29, 0.717) is 13.2 Å². The van der Waals surface area contributed by atoms with Gasteiger partial charge in [0.05, 0.1) is 0 Å². The molecule has 3 aromatic rings. The summed E-state index contributed by atoms with van der Waals surface area (Å²) in [6.45, 7) is 2.86. The number of nitrogens with one attached hydrogen (secondary N) is 2. The molecule has 138 valence electrons. The topological polar surface area (TPSA) is 63.2 Å². The molecule has 2 amide bonds. The Kier molecular flexibility index (Phi) is 6.44. The molecule has 0 bridgehead atoms. The Morgan fingerprint density at radius 2 is 1.93 bits per heavy atom. The second-order valence-electron chi connectivity index (χ2n) is 6.06. The fourth-order valence-corrected chi connectivity index (χ4v) is 2.79. The zero-order chi connectivity index (χ0) is 19.1. The van der Waals surface area contributed by atoms with Crippen LogP contribution in [-0.2, 0) is 13.2 Å². The molecule has 27 heavy (non-hydrogen) atoms. The summed E-state index contributed by atoms with van der Waals surface area (Å²) >= 11 is 3.41. The number of aromatic nitrogens is 1. The number of ether oxygens (including phenoxy) is 1. The van der Waals surface area contributed by atoms with Crippen molar-refractivity contribution < 1.29 is 9.53 Å². The minimum absolute atomic E-state index is 0.242. The standard InChI is InChI=1S/C21H20BrN3O2/c1-15-4-7-18(22)11-20(15)25-21(26)24-13-16-5-8-19(9-6-16)27-14-17-3-2-10-23-12-17/h2-12H,13-14H2,1H3,(H2,24,25,26). The normalized spacial score (nSPS) is 10.3. The van der Waals surface area contributed by atoms with Crippen molar-refractivity contribution in [1.82, 2.24) is 10.3 Å². The van der Waals surface area contributed by atoms with E-state index >= 15 is 0 Å². The molecular weight excluding hydrogens is 406 g/mol. The first kappa shape index (κ1) is 18.9. The average molecular weight is 426 g/mol. The summed E-state index contributed by atoms with van der Waals surface area (Å²) in [5.41, 5.74) is 3.79. The number of anilines is 1. The Hall–Kier alpha value is -2.86. The van der Waals surface area contributed by atoms with E-state index in [1.165, 1.54) is 0 Å². The maximum Gasteiger partial charge on any atom is 0.319 e. The van der Waals surface area contributed by atoms with Crippen LogP contribution in [0.15, 0.2) is 71.5 Å². The molecule has 3 rings (SSSR count). The first-order valence-electron chi connectivity index (χ1n) is 8.52. The Labute approximate surface area is 166 Å². The van der Waals surface area contributed by atoms with E-state index in [1.54, 1.807) is 12.4 Å². The van der Waals surface area contributed by atoms with Gasteiger partial charge in [-0.1, -0.05) is 40.2 Å². The van der Waals surface area contributed by atoms with Crippen LogP contribution >= 0.6 is 15.9 Å². The fourth-order valence-electron chi connectivity index (χ4n) is 2.43. The molecule has 0 atom stereocenters. The van der Waals surface area contributed by atoms with Crippen LogP contribution in [0, 0.1) is 6.92 Å². The van der Waals surface area contributed by atoms with Gasteiger partial charge in [-0.2, -0.15) is 0 Å². The van der Waals surface area contributed by atoms with Crippen molar-refractivity contribution in [2.45, 2.75) is 20.1 Å². The van der Waals surface area contributed by atoms with Crippen LogP contribution in [0.5, 0.6) is 5.75 Å². The molecule has 0 radical (unpaired) electrons. The van der Waals surface area contributed by atoms with Crippen molar-refractivity contribution in [3.63, 3.8) is 0 Å². The molecule has 0 aliphatic heterocycles. The smallest absolute Gasteiger partial charge is 0.319 e. The van der Waals surface area contributed by atoms with Gasteiger partial charge < -0.3 is 15.4 Å². The van der Waals surface area contributed by atoms with Crippen LogP contribution in [0.3, 0.4) is 0 Å². The molecule has 0 fully saturated rings. The number of aryl methyl sites for hydroxylation is 1. The summed E-state index contributed by atoms with van der Waals surface area (Å²) < 4.78 is 6.65. The van der Waals surface area contributed by atoms with Gasteiger partial charge in [0.15, 0.2) is 0 Å². The van der Waals surface area contributed by atoms with E-state index in [1.807, 2.05) is 61.5 Å². The van der Waals surface area contributed by atoms with Crippen molar-refractivity contribution in [3.05, 3.63) is 88.2 Å². The SMILES string of the molecule is Cc1ccc(Br)cc1NC(=O)NCc1ccc(OCc2cccnc2)cc1. The Bertz CT molecular complexity index is 899. The Balaban J connectivity index is 1.48. The monoisotopic (exact) mass is 425 g/mol. The molecule has 1 heterocycles. The first-order valence-corrected chi connectivity index (χ1v) is 9.31. The second-order valence-corrected chi connectivity index (χ2v) is 6.98. The number of amides is 2. The molecule has 6 heteroatoms. The molecule has 2 aromatic carbocycles. The summed E-state index contributed by atoms with van der Waals surface area (Å²) in [6, 6.07) is 17.0. The number of halogens is 1. The summed E-state index contributed by atoms with van der Waals surface area (Å²) in [6.07, 6.45) is 3.52. The second kappa shape index (κ2) is 9.19. The molecule has 2 N–H and O–H groups in total. The van der Waals surface area contributed by atoms with Gasteiger partial charge in [-0.15, -0.1) is 0 Å². The molecule has 0 spiro atoms. The Morgan fingerprint density at radius 3 is 2.67 bits per heavy atom. The van der Waals surface area contributed by atoms with Gasteiger partial charge >= 0.3 is 6.03 Å². The van der Waals surface area contributed by atoms with E-state index in [9.17, 15) is 4.79 Å². The summed E-state index contributed by atoms with van der Waals surface area (Å²) in [7, 11) is 0. The summed E-state index contributed by atoms with van der Waals surface area (Å²) in [5.74, 6) is 0.775. The third-order valence-corrected chi connectivity index (χ3v) is 4.45. The highest BCUT2D eigenvalue weighted by Crippen LogP contribution is 2.20. The highest BCUT2D eigenvalue weighted by molar-refractivity contribution is 9.10. The predicted molar refractivity (Wildman–Crippen MR) is 110 cm³/mol. The van der Waals surface area contributed by atoms with Gasteiger partial charge in [0.2, 0.25) is 0 Å². The maximum absolute atomic E-state index is 12.1. The van der Waals surface area contributed by atoms with Crippen LogP contribution in [0.1, 0.15) is 16.7 Å². The molecule has 5 nitrogen and oxygen atoms in total. The largest absolute Gasteiger partial charge is 0.489 e. The maximum atomic E-state index is 12.1. The molecular formula is C21H20BrN3O2. The Morgan fingerprint density at radius 1 is 1.11 bits per heavy atom. The van der Waals surface area contributed by atoms with Gasteiger partial charge in [-0.05, 0) is 48.4 Å². The van der Waals surface area contributed by atoms with Gasteiger partial charge in [-0.3, -0.25) is 4.98 Å². The molecule has 0 aliphatic carbocycles. The predicted octanol–water partition coefficient (Wildman–Crippen LogP) is 5.05. The van der Waals surface area contributed by atoms with E-state index in [0.717, 1.165) is 32.6 Å². The number of rotatable bonds is 6. The number of benzene rings is 2. The van der Waals surface area contributed by atoms with Gasteiger partial charge in [0.1, 0.15) is 12.4 Å². The van der Waals surface area contributed by atoms with Crippen LogP contribution in [0.25, 0.3) is 0 Å². The number of nitrogens with zero attached hydrogens (tertiary/aromatic N) is 1. The lowest BCUT2D eigenvalue weighted by molar-refractivity contribution is 0.251. The minimum atomic E-state index is -0.242. The highest BCUT2D eigenvalue weighted by Gasteiger charge is 2.05. The number of carbonyl (C=O) groups excluding carboxylic acids is 1. The third kappa shape index (κ3) is 5.82. The van der Waals surface area contributed by atoms with E-state index in [2.05, 4.69) is 31.5 Å². The highest BCUT2D eigenvalue weighted by atomic mass is 79.9. The average Bonchev–Trinajstić information content (AvgIpc) is 2.69. The molecule has 0 saturated carbocycles.